The van der Waals surface area contributed by atoms with Gasteiger partial charge in [-0.3, -0.25) is 14.4 Å². The van der Waals surface area contributed by atoms with E-state index in [1.807, 2.05) is 13.8 Å². The molecule has 1 amide bonds. The van der Waals surface area contributed by atoms with Crippen molar-refractivity contribution in [3.05, 3.63) is 16.0 Å². The molecule has 6 nitrogen and oxygen atoms in total. The molecule has 2 atom stereocenters. The molecule has 27 heavy (non-hydrogen) atoms. The highest BCUT2D eigenvalue weighted by Gasteiger charge is 2.72. The zero-order valence-electron chi connectivity index (χ0n) is 15.8. The Morgan fingerprint density at radius 2 is 1.89 bits per heavy atom. The number of ketones is 2. The molecule has 1 N–H and O–H groups in total. The van der Waals surface area contributed by atoms with Gasteiger partial charge in [0.2, 0.25) is 17.5 Å². The molecule has 0 aromatic carbocycles. The van der Waals surface area contributed by atoms with E-state index in [1.54, 1.807) is 0 Å². The first-order valence-electron chi connectivity index (χ1n) is 9.38. The smallest absolute Gasteiger partial charge is 0.341 e. The number of ether oxygens (including phenoxy) is 1. The molecular weight excluding hydrogens is 366 g/mol. The van der Waals surface area contributed by atoms with Gasteiger partial charge in [-0.05, 0) is 49.5 Å². The monoisotopic (exact) mass is 389 g/mol. The van der Waals surface area contributed by atoms with Crippen LogP contribution in [0.1, 0.15) is 60.3 Å². The largest absolute Gasteiger partial charge is 0.465 e. The van der Waals surface area contributed by atoms with Crippen molar-refractivity contribution in [2.24, 2.45) is 16.7 Å². The van der Waals surface area contributed by atoms with Crippen molar-refractivity contribution in [3.63, 3.8) is 0 Å². The van der Waals surface area contributed by atoms with E-state index in [-0.39, 0.29) is 0 Å². The van der Waals surface area contributed by atoms with Crippen LogP contribution in [0.3, 0.4) is 0 Å². The molecule has 2 unspecified atom stereocenters. The lowest BCUT2D eigenvalue weighted by molar-refractivity contribution is -0.147. The van der Waals surface area contributed by atoms with Crippen LogP contribution in [-0.4, -0.2) is 30.6 Å². The highest BCUT2D eigenvalue weighted by molar-refractivity contribution is 7.17. The van der Waals surface area contributed by atoms with E-state index in [4.69, 9.17) is 4.74 Å². The number of anilines is 1. The number of amides is 1. The molecule has 0 saturated heterocycles. The van der Waals surface area contributed by atoms with Crippen LogP contribution in [-0.2, 0) is 32.0 Å². The fourth-order valence-corrected chi connectivity index (χ4v) is 6.54. The predicted octanol–water partition coefficient (Wildman–Crippen LogP) is 2.93. The Bertz CT molecular complexity index is 883. The molecule has 7 heteroatoms. The van der Waals surface area contributed by atoms with Gasteiger partial charge in [-0.25, -0.2) is 4.79 Å². The Morgan fingerprint density at radius 3 is 2.52 bits per heavy atom. The molecule has 0 aliphatic heterocycles. The third kappa shape index (κ3) is 2.24. The second kappa shape index (κ2) is 5.99. The number of thiophene rings is 1. The highest BCUT2D eigenvalue weighted by atomic mass is 32.1. The van der Waals surface area contributed by atoms with Crippen LogP contribution in [0.4, 0.5) is 5.00 Å². The second-order valence-corrected chi connectivity index (χ2v) is 9.38. The topological polar surface area (TPSA) is 89.5 Å². The quantitative estimate of drug-likeness (QED) is 0.488. The number of hydrogen-bond donors (Lipinski definition) is 1. The molecule has 144 valence electrons. The van der Waals surface area contributed by atoms with Crippen molar-refractivity contribution in [2.45, 2.75) is 52.4 Å². The number of Topliss-reactive ketones (excluding diaryl/α,β-unsaturated/α-hetero) is 2. The van der Waals surface area contributed by atoms with Gasteiger partial charge in [-0.1, -0.05) is 13.8 Å². The van der Waals surface area contributed by atoms with Crippen LogP contribution < -0.4 is 5.32 Å². The highest BCUT2D eigenvalue weighted by Crippen LogP contribution is 2.62. The molecule has 1 aromatic rings. The van der Waals surface area contributed by atoms with Crippen LogP contribution in [0.2, 0.25) is 0 Å². The number of aryl methyl sites for hydroxylation is 1. The maximum atomic E-state index is 13.3. The summed E-state index contributed by atoms with van der Waals surface area (Å²) in [6, 6.07) is 0. The molecule has 1 heterocycles. The van der Waals surface area contributed by atoms with Crippen LogP contribution in [0, 0.1) is 16.7 Å². The Hall–Kier alpha value is -2.02. The maximum Gasteiger partial charge on any atom is 0.341 e. The summed E-state index contributed by atoms with van der Waals surface area (Å²) in [5.41, 5.74) is -0.699. The molecule has 0 radical (unpaired) electrons. The summed E-state index contributed by atoms with van der Waals surface area (Å²) in [6.07, 6.45) is 4.62. The van der Waals surface area contributed by atoms with Gasteiger partial charge in [0.15, 0.2) is 0 Å². The lowest BCUT2D eigenvalue weighted by atomic mass is 9.68. The Morgan fingerprint density at radius 1 is 1.19 bits per heavy atom. The number of esters is 1. The van der Waals surface area contributed by atoms with Gasteiger partial charge in [0.25, 0.3) is 0 Å². The van der Waals surface area contributed by atoms with Crippen molar-refractivity contribution in [3.8, 4) is 0 Å². The minimum atomic E-state index is -1.34. The molecule has 3 aliphatic rings. The number of nitrogens with one attached hydrogen (secondary N) is 1. The van der Waals surface area contributed by atoms with Gasteiger partial charge >= 0.3 is 5.97 Å². The molecule has 4 rings (SSSR count). The summed E-state index contributed by atoms with van der Waals surface area (Å²) in [7, 11) is 1.32. The minimum Gasteiger partial charge on any atom is -0.465 e. The van der Waals surface area contributed by atoms with E-state index in [0.29, 0.717) is 23.4 Å². The van der Waals surface area contributed by atoms with Crippen molar-refractivity contribution in [2.75, 3.05) is 12.4 Å². The number of fused-ring (bicyclic) bond motifs is 3. The second-order valence-electron chi connectivity index (χ2n) is 8.27. The minimum absolute atomic E-state index is 0.375. The third-order valence-electron chi connectivity index (χ3n) is 6.88. The third-order valence-corrected chi connectivity index (χ3v) is 8.09. The average molecular weight is 389 g/mol. The number of methoxy groups -OCH3 is 1. The number of carbonyl (C=O) groups excluding carboxylic acids is 4. The Balaban J connectivity index is 1.74. The molecule has 2 saturated carbocycles. The first kappa shape index (κ1) is 18.3. The standard InChI is InChI=1S/C20H23NO5S/c1-19(2)11-8-9-20(19,15(23)14(11)22)18(25)21-16-13(17(24)26-3)10-6-4-5-7-12(10)27-16/h11H,4-9H2,1-3H3,(H,21,25). The molecule has 2 bridgehead atoms. The maximum absolute atomic E-state index is 13.3. The first-order valence-corrected chi connectivity index (χ1v) is 10.2. The zero-order chi connectivity index (χ0) is 19.6. The summed E-state index contributed by atoms with van der Waals surface area (Å²) in [6.45, 7) is 3.65. The van der Waals surface area contributed by atoms with Crippen LogP contribution >= 0.6 is 11.3 Å². The first-order chi connectivity index (χ1) is 12.8. The van der Waals surface area contributed by atoms with Gasteiger partial charge in [-0.2, -0.15) is 0 Å². The molecular formula is C20H23NO5S. The van der Waals surface area contributed by atoms with E-state index in [0.717, 1.165) is 36.1 Å². The van der Waals surface area contributed by atoms with Gasteiger partial charge in [-0.15, -0.1) is 11.3 Å². The summed E-state index contributed by atoms with van der Waals surface area (Å²) < 4.78 is 4.94. The summed E-state index contributed by atoms with van der Waals surface area (Å²) in [4.78, 5) is 51.8. The zero-order valence-corrected chi connectivity index (χ0v) is 16.6. The van der Waals surface area contributed by atoms with Gasteiger partial charge in [0, 0.05) is 10.8 Å². The van der Waals surface area contributed by atoms with Crippen LogP contribution in [0.15, 0.2) is 0 Å². The Labute approximate surface area is 161 Å². The van der Waals surface area contributed by atoms with E-state index in [9.17, 15) is 19.2 Å². The fourth-order valence-electron chi connectivity index (χ4n) is 5.27. The fraction of sp³-hybridized carbons (Fsp3) is 0.600. The van der Waals surface area contributed by atoms with E-state index < -0.39 is 40.2 Å². The lowest BCUT2D eigenvalue weighted by Gasteiger charge is -2.33. The van der Waals surface area contributed by atoms with Crippen molar-refractivity contribution < 1.29 is 23.9 Å². The molecule has 3 aliphatic carbocycles. The lowest BCUT2D eigenvalue weighted by Crippen LogP contribution is -2.47. The molecule has 1 aromatic heterocycles. The van der Waals surface area contributed by atoms with Crippen molar-refractivity contribution in [1.82, 2.24) is 0 Å². The SMILES string of the molecule is COC(=O)c1c(NC(=O)C23CCC(C(=O)C2=O)C3(C)C)sc2c1CCCC2. The van der Waals surface area contributed by atoms with Crippen LogP contribution in [0.5, 0.6) is 0 Å². The average Bonchev–Trinajstić information content (AvgIpc) is 3.18. The van der Waals surface area contributed by atoms with Crippen molar-refractivity contribution in [1.29, 1.82) is 0 Å². The Kier molecular flexibility index (Phi) is 4.07. The van der Waals surface area contributed by atoms with Gasteiger partial charge in [0.1, 0.15) is 10.4 Å². The van der Waals surface area contributed by atoms with Crippen molar-refractivity contribution >= 4 is 39.8 Å². The van der Waals surface area contributed by atoms with Gasteiger partial charge < -0.3 is 10.1 Å². The summed E-state index contributed by atoms with van der Waals surface area (Å²) in [5, 5.41) is 3.30. The van der Waals surface area contributed by atoms with E-state index >= 15 is 0 Å². The molecule has 0 spiro atoms. The number of rotatable bonds is 3. The van der Waals surface area contributed by atoms with Gasteiger partial charge in [0.05, 0.1) is 12.7 Å². The van der Waals surface area contributed by atoms with E-state index in [1.165, 1.54) is 18.4 Å². The summed E-state index contributed by atoms with van der Waals surface area (Å²) >= 11 is 1.39. The number of carbonyl (C=O) groups is 4. The van der Waals surface area contributed by atoms with E-state index in [2.05, 4.69) is 5.32 Å². The molecule has 2 fully saturated rings. The number of hydrogen-bond acceptors (Lipinski definition) is 6. The van der Waals surface area contributed by atoms with Crippen LogP contribution in [0.25, 0.3) is 0 Å². The summed E-state index contributed by atoms with van der Waals surface area (Å²) in [5.74, 6) is -2.34. The normalized spacial score (nSPS) is 28.2. The predicted molar refractivity (Wildman–Crippen MR) is 99.9 cm³/mol.